The van der Waals surface area contributed by atoms with E-state index in [1.807, 2.05) is 37.3 Å². The fourth-order valence-electron chi connectivity index (χ4n) is 2.34. The predicted molar refractivity (Wildman–Crippen MR) is 87.7 cm³/mol. The minimum absolute atomic E-state index is 0.0731. The lowest BCUT2D eigenvalue weighted by atomic mass is 10.1. The summed E-state index contributed by atoms with van der Waals surface area (Å²) in [5.74, 6) is 0.0731. The molecule has 0 fully saturated rings. The van der Waals surface area contributed by atoms with Crippen molar-refractivity contribution in [2.75, 3.05) is 5.73 Å². The Kier molecular flexibility index (Phi) is 3.31. The smallest absolute Gasteiger partial charge is 0.198 e. The van der Waals surface area contributed by atoms with E-state index in [1.54, 1.807) is 12.1 Å². The van der Waals surface area contributed by atoms with Gasteiger partial charge in [-0.05, 0) is 37.3 Å². The van der Waals surface area contributed by atoms with Crippen LogP contribution in [0.5, 0.6) is 5.88 Å². The maximum atomic E-state index is 10.1. The number of halogens is 1. The summed E-state index contributed by atoms with van der Waals surface area (Å²) in [5.41, 5.74) is 9.23. The highest BCUT2D eigenvalue weighted by Crippen LogP contribution is 2.31. The Hall–Kier alpha value is -2.46. The van der Waals surface area contributed by atoms with Gasteiger partial charge in [-0.3, -0.25) is 4.99 Å². The molecule has 0 aliphatic rings. The molecule has 0 saturated carbocycles. The van der Waals surface area contributed by atoms with E-state index in [-0.39, 0.29) is 5.88 Å². The second-order valence-corrected chi connectivity index (χ2v) is 5.21. The molecule has 3 rings (SSSR count). The van der Waals surface area contributed by atoms with Crippen molar-refractivity contribution in [2.24, 2.45) is 4.99 Å². The van der Waals surface area contributed by atoms with Crippen LogP contribution in [0.4, 0.5) is 11.4 Å². The molecule has 21 heavy (non-hydrogen) atoms. The number of hydrogen-bond acceptors (Lipinski definition) is 3. The molecule has 2 aromatic carbocycles. The Morgan fingerprint density at radius 1 is 1.24 bits per heavy atom. The van der Waals surface area contributed by atoms with Crippen LogP contribution in [0.3, 0.4) is 0 Å². The molecule has 0 amide bonds. The summed E-state index contributed by atoms with van der Waals surface area (Å²) in [7, 11) is 0. The summed E-state index contributed by atoms with van der Waals surface area (Å²) in [5, 5.41) is 11.5. The van der Waals surface area contributed by atoms with Crippen LogP contribution in [-0.2, 0) is 0 Å². The Morgan fingerprint density at radius 2 is 2.00 bits per heavy atom. The van der Waals surface area contributed by atoms with Gasteiger partial charge in [0.2, 0.25) is 0 Å². The van der Waals surface area contributed by atoms with Crippen LogP contribution in [0.15, 0.2) is 47.5 Å². The molecule has 0 unspecified atom stereocenters. The number of aromatic amines is 1. The zero-order chi connectivity index (χ0) is 15.0. The first-order valence-electron chi connectivity index (χ1n) is 6.46. The number of nitrogens with two attached hydrogens (primary N) is 1. The van der Waals surface area contributed by atoms with Gasteiger partial charge in [-0.1, -0.05) is 23.7 Å². The lowest BCUT2D eigenvalue weighted by Crippen LogP contribution is -1.94. The highest BCUT2D eigenvalue weighted by Gasteiger charge is 2.14. The summed E-state index contributed by atoms with van der Waals surface area (Å²) in [4.78, 5) is 7.43. The molecule has 3 aromatic rings. The summed E-state index contributed by atoms with van der Waals surface area (Å²) in [6.45, 7) is 1.83. The van der Waals surface area contributed by atoms with Crippen molar-refractivity contribution >= 4 is 39.6 Å². The Morgan fingerprint density at radius 3 is 2.76 bits per heavy atom. The van der Waals surface area contributed by atoms with Crippen LogP contribution in [0, 0.1) is 0 Å². The highest BCUT2D eigenvalue weighted by molar-refractivity contribution is 6.33. The van der Waals surface area contributed by atoms with E-state index in [0.29, 0.717) is 27.7 Å². The van der Waals surface area contributed by atoms with Crippen LogP contribution >= 0.6 is 11.6 Å². The topological polar surface area (TPSA) is 74.4 Å². The first-order valence-corrected chi connectivity index (χ1v) is 6.84. The Balaban J connectivity index is 2.18. The Bertz CT molecular complexity index is 852. The number of fused-ring (bicyclic) bond motifs is 1. The predicted octanol–water partition coefficient (Wildman–Crippen LogP) is 4.25. The number of benzene rings is 2. The summed E-state index contributed by atoms with van der Waals surface area (Å²) in [6.07, 6.45) is 0. The maximum absolute atomic E-state index is 10.1. The van der Waals surface area contributed by atoms with Gasteiger partial charge >= 0.3 is 0 Å². The first kappa shape index (κ1) is 13.5. The number of anilines is 1. The molecule has 0 aliphatic carbocycles. The summed E-state index contributed by atoms with van der Waals surface area (Å²) < 4.78 is 0. The van der Waals surface area contributed by atoms with Crippen molar-refractivity contribution in [1.82, 2.24) is 4.98 Å². The van der Waals surface area contributed by atoms with Crippen molar-refractivity contribution in [3.05, 3.63) is 53.1 Å². The maximum Gasteiger partial charge on any atom is 0.198 e. The summed E-state index contributed by atoms with van der Waals surface area (Å²) >= 11 is 6.12. The molecule has 0 radical (unpaired) electrons. The molecular formula is C16H14ClN3O. The number of para-hydroxylation sites is 1. The molecule has 5 heteroatoms. The first-order chi connectivity index (χ1) is 10.1. The van der Waals surface area contributed by atoms with Crippen LogP contribution in [0.2, 0.25) is 5.02 Å². The third-order valence-electron chi connectivity index (χ3n) is 3.31. The number of aromatic hydroxyl groups is 1. The third kappa shape index (κ3) is 2.45. The normalized spacial score (nSPS) is 12.0. The fourth-order valence-corrected chi connectivity index (χ4v) is 2.52. The van der Waals surface area contributed by atoms with Gasteiger partial charge in [-0.2, -0.15) is 0 Å². The molecular weight excluding hydrogens is 286 g/mol. The second kappa shape index (κ2) is 5.14. The van der Waals surface area contributed by atoms with Gasteiger partial charge in [0.1, 0.15) is 0 Å². The molecule has 106 valence electrons. The lowest BCUT2D eigenvalue weighted by Gasteiger charge is -2.03. The molecule has 4 nitrogen and oxygen atoms in total. The fraction of sp³-hybridized carbons (Fsp3) is 0.0625. The SMILES string of the molecule is CC(=Nc1ccccc1Cl)c1c(O)[nH]c2ccc(N)cc12. The van der Waals surface area contributed by atoms with Crippen LogP contribution < -0.4 is 5.73 Å². The van der Waals surface area contributed by atoms with Gasteiger partial charge in [-0.15, -0.1) is 0 Å². The van der Waals surface area contributed by atoms with Crippen molar-refractivity contribution in [1.29, 1.82) is 0 Å². The van der Waals surface area contributed by atoms with Crippen LogP contribution in [-0.4, -0.2) is 15.8 Å². The number of aromatic nitrogens is 1. The quantitative estimate of drug-likeness (QED) is 0.489. The van der Waals surface area contributed by atoms with E-state index in [4.69, 9.17) is 17.3 Å². The molecule has 0 bridgehead atoms. The van der Waals surface area contributed by atoms with Gasteiger partial charge in [-0.25, -0.2) is 0 Å². The summed E-state index contributed by atoms with van der Waals surface area (Å²) in [6, 6.07) is 12.7. The van der Waals surface area contributed by atoms with Crippen molar-refractivity contribution in [3.63, 3.8) is 0 Å². The minimum Gasteiger partial charge on any atom is -0.494 e. The molecule has 0 aliphatic heterocycles. The molecule has 0 saturated heterocycles. The van der Waals surface area contributed by atoms with E-state index >= 15 is 0 Å². The van der Waals surface area contributed by atoms with E-state index in [1.165, 1.54) is 0 Å². The van der Waals surface area contributed by atoms with Crippen LogP contribution in [0.1, 0.15) is 12.5 Å². The lowest BCUT2D eigenvalue weighted by molar-refractivity contribution is 0.457. The highest BCUT2D eigenvalue weighted by atomic mass is 35.5. The molecule has 1 heterocycles. The van der Waals surface area contributed by atoms with Gasteiger partial charge in [0.25, 0.3) is 0 Å². The number of nitrogens with one attached hydrogen (secondary N) is 1. The van der Waals surface area contributed by atoms with Crippen molar-refractivity contribution < 1.29 is 5.11 Å². The number of rotatable bonds is 2. The molecule has 0 atom stereocenters. The average molecular weight is 300 g/mol. The van der Waals surface area contributed by atoms with Gasteiger partial charge in [0, 0.05) is 16.6 Å². The number of nitrogens with zero attached hydrogens (tertiary/aromatic N) is 1. The number of nitrogen functional groups attached to an aromatic ring is 1. The number of H-pyrrole nitrogens is 1. The second-order valence-electron chi connectivity index (χ2n) is 4.80. The number of hydrogen-bond donors (Lipinski definition) is 3. The monoisotopic (exact) mass is 299 g/mol. The van der Waals surface area contributed by atoms with Gasteiger partial charge < -0.3 is 15.8 Å². The Labute approximate surface area is 126 Å². The molecule has 1 aromatic heterocycles. The van der Waals surface area contributed by atoms with E-state index in [2.05, 4.69) is 9.98 Å². The van der Waals surface area contributed by atoms with Gasteiger partial charge in [0.15, 0.2) is 5.88 Å². The van der Waals surface area contributed by atoms with E-state index in [9.17, 15) is 5.11 Å². The molecule has 0 spiro atoms. The zero-order valence-corrected chi connectivity index (χ0v) is 12.1. The average Bonchev–Trinajstić information content (AvgIpc) is 2.76. The minimum atomic E-state index is 0.0731. The van der Waals surface area contributed by atoms with Crippen molar-refractivity contribution in [3.8, 4) is 5.88 Å². The van der Waals surface area contributed by atoms with E-state index in [0.717, 1.165) is 10.9 Å². The van der Waals surface area contributed by atoms with Crippen molar-refractivity contribution in [2.45, 2.75) is 6.92 Å². The number of aliphatic imine (C=N–C) groups is 1. The van der Waals surface area contributed by atoms with E-state index < -0.39 is 0 Å². The third-order valence-corrected chi connectivity index (χ3v) is 3.62. The zero-order valence-electron chi connectivity index (χ0n) is 11.4. The standard InChI is InChI=1S/C16H14ClN3O/c1-9(19-14-5-3-2-4-12(14)17)15-11-8-10(18)6-7-13(11)20-16(15)21/h2-8,20-21H,18H2,1H3. The van der Waals surface area contributed by atoms with Gasteiger partial charge in [0.05, 0.1) is 22.0 Å². The van der Waals surface area contributed by atoms with Crippen LogP contribution in [0.25, 0.3) is 10.9 Å². The largest absolute Gasteiger partial charge is 0.494 e. The molecule has 4 N–H and O–H groups in total.